The predicted octanol–water partition coefficient (Wildman–Crippen LogP) is 2.24. The summed E-state index contributed by atoms with van der Waals surface area (Å²) in [5, 5.41) is 0. The second-order valence-corrected chi connectivity index (χ2v) is 3.74. The SMILES string of the molecule is C/C=C/COC1CCCCCC1N. The molecule has 2 unspecified atom stereocenters. The Bertz CT molecular complexity index is 156. The molecule has 0 saturated heterocycles. The Morgan fingerprint density at radius 1 is 1.31 bits per heavy atom. The maximum atomic E-state index is 6.01. The number of nitrogens with two attached hydrogens (primary N) is 1. The fourth-order valence-corrected chi connectivity index (χ4v) is 1.78. The van der Waals surface area contributed by atoms with Gasteiger partial charge in [-0.2, -0.15) is 0 Å². The van der Waals surface area contributed by atoms with E-state index in [1.807, 2.05) is 19.1 Å². The van der Waals surface area contributed by atoms with E-state index < -0.39 is 0 Å². The molecule has 1 aliphatic rings. The summed E-state index contributed by atoms with van der Waals surface area (Å²) >= 11 is 0. The minimum absolute atomic E-state index is 0.257. The minimum Gasteiger partial charge on any atom is -0.373 e. The summed E-state index contributed by atoms with van der Waals surface area (Å²) in [7, 11) is 0. The zero-order valence-electron chi connectivity index (χ0n) is 8.54. The van der Waals surface area contributed by atoms with Gasteiger partial charge in [-0.1, -0.05) is 31.4 Å². The van der Waals surface area contributed by atoms with Crippen molar-refractivity contribution in [3.63, 3.8) is 0 Å². The van der Waals surface area contributed by atoms with E-state index in [1.165, 1.54) is 19.3 Å². The quantitative estimate of drug-likeness (QED) is 0.538. The van der Waals surface area contributed by atoms with Gasteiger partial charge >= 0.3 is 0 Å². The van der Waals surface area contributed by atoms with E-state index in [1.54, 1.807) is 0 Å². The Labute approximate surface area is 81.1 Å². The number of ether oxygens (including phenoxy) is 1. The molecule has 2 atom stereocenters. The summed E-state index contributed by atoms with van der Waals surface area (Å²) in [6.07, 6.45) is 10.5. The molecule has 1 saturated carbocycles. The highest BCUT2D eigenvalue weighted by molar-refractivity contribution is 4.81. The molecule has 2 N–H and O–H groups in total. The Morgan fingerprint density at radius 2 is 2.08 bits per heavy atom. The summed E-state index contributed by atoms with van der Waals surface area (Å²) in [6, 6.07) is 0.257. The summed E-state index contributed by atoms with van der Waals surface area (Å²) in [4.78, 5) is 0. The first-order valence-electron chi connectivity index (χ1n) is 5.33. The van der Waals surface area contributed by atoms with E-state index in [0.717, 1.165) is 19.4 Å². The van der Waals surface area contributed by atoms with E-state index in [2.05, 4.69) is 0 Å². The number of hydrogen-bond donors (Lipinski definition) is 1. The molecule has 0 heterocycles. The molecular weight excluding hydrogens is 162 g/mol. The van der Waals surface area contributed by atoms with Gasteiger partial charge < -0.3 is 10.5 Å². The Kier molecular flexibility index (Phi) is 5.09. The fraction of sp³-hybridized carbons (Fsp3) is 0.818. The van der Waals surface area contributed by atoms with Gasteiger partial charge in [-0.3, -0.25) is 0 Å². The molecule has 1 rings (SSSR count). The van der Waals surface area contributed by atoms with Gasteiger partial charge in [0.2, 0.25) is 0 Å². The maximum absolute atomic E-state index is 6.01. The van der Waals surface area contributed by atoms with Crippen LogP contribution in [0.1, 0.15) is 39.0 Å². The molecule has 76 valence electrons. The van der Waals surface area contributed by atoms with E-state index in [9.17, 15) is 0 Å². The molecular formula is C11H21NO. The molecule has 0 aromatic heterocycles. The molecule has 0 spiro atoms. The van der Waals surface area contributed by atoms with E-state index >= 15 is 0 Å². The summed E-state index contributed by atoms with van der Waals surface area (Å²) in [5.74, 6) is 0. The molecule has 2 heteroatoms. The standard InChI is InChI=1S/C11H21NO/c1-2-3-9-13-11-8-6-4-5-7-10(11)12/h2-3,10-11H,4-9,12H2,1H3/b3-2+. The van der Waals surface area contributed by atoms with E-state index in [4.69, 9.17) is 10.5 Å². The number of hydrogen-bond acceptors (Lipinski definition) is 2. The van der Waals surface area contributed by atoms with Crippen molar-refractivity contribution < 1.29 is 4.74 Å². The fourth-order valence-electron chi connectivity index (χ4n) is 1.78. The van der Waals surface area contributed by atoms with Crippen LogP contribution in [-0.2, 0) is 4.74 Å². The Balaban J connectivity index is 2.27. The van der Waals surface area contributed by atoms with Gasteiger partial charge in [0.25, 0.3) is 0 Å². The lowest BCUT2D eigenvalue weighted by Gasteiger charge is -2.20. The third-order valence-corrected chi connectivity index (χ3v) is 2.65. The Hall–Kier alpha value is -0.340. The lowest BCUT2D eigenvalue weighted by molar-refractivity contribution is 0.0499. The van der Waals surface area contributed by atoms with Crippen LogP contribution < -0.4 is 5.73 Å². The topological polar surface area (TPSA) is 35.2 Å². The van der Waals surface area contributed by atoms with Crippen LogP contribution in [0.15, 0.2) is 12.2 Å². The average Bonchev–Trinajstić information content (AvgIpc) is 2.32. The van der Waals surface area contributed by atoms with Gasteiger partial charge in [0.05, 0.1) is 12.7 Å². The van der Waals surface area contributed by atoms with Crippen molar-refractivity contribution >= 4 is 0 Å². The van der Waals surface area contributed by atoms with Crippen molar-refractivity contribution in [2.45, 2.75) is 51.2 Å². The van der Waals surface area contributed by atoms with Crippen LogP contribution in [0.5, 0.6) is 0 Å². The zero-order chi connectivity index (χ0) is 9.52. The lowest BCUT2D eigenvalue weighted by atomic mass is 10.1. The first kappa shape index (κ1) is 10.7. The van der Waals surface area contributed by atoms with Gasteiger partial charge in [-0.25, -0.2) is 0 Å². The van der Waals surface area contributed by atoms with Crippen LogP contribution in [0, 0.1) is 0 Å². The van der Waals surface area contributed by atoms with Gasteiger partial charge in [0.15, 0.2) is 0 Å². The predicted molar refractivity (Wildman–Crippen MR) is 55.6 cm³/mol. The summed E-state index contributed by atoms with van der Waals surface area (Å²) in [5.41, 5.74) is 6.01. The van der Waals surface area contributed by atoms with Crippen molar-refractivity contribution in [2.24, 2.45) is 5.73 Å². The number of rotatable bonds is 3. The lowest BCUT2D eigenvalue weighted by Crippen LogP contribution is -2.35. The van der Waals surface area contributed by atoms with Crippen LogP contribution in [0.2, 0.25) is 0 Å². The monoisotopic (exact) mass is 183 g/mol. The van der Waals surface area contributed by atoms with Crippen molar-refractivity contribution in [3.8, 4) is 0 Å². The molecule has 0 bridgehead atoms. The largest absolute Gasteiger partial charge is 0.373 e. The average molecular weight is 183 g/mol. The van der Waals surface area contributed by atoms with Crippen LogP contribution in [0.4, 0.5) is 0 Å². The van der Waals surface area contributed by atoms with Gasteiger partial charge in [0.1, 0.15) is 0 Å². The molecule has 2 nitrogen and oxygen atoms in total. The minimum atomic E-state index is 0.257. The van der Waals surface area contributed by atoms with Crippen molar-refractivity contribution in [3.05, 3.63) is 12.2 Å². The smallest absolute Gasteiger partial charge is 0.0730 e. The molecule has 0 aliphatic heterocycles. The van der Waals surface area contributed by atoms with Crippen LogP contribution in [0.25, 0.3) is 0 Å². The molecule has 1 aliphatic carbocycles. The highest BCUT2D eigenvalue weighted by Gasteiger charge is 2.19. The maximum Gasteiger partial charge on any atom is 0.0730 e. The molecule has 13 heavy (non-hydrogen) atoms. The van der Waals surface area contributed by atoms with Crippen LogP contribution >= 0.6 is 0 Å². The summed E-state index contributed by atoms with van der Waals surface area (Å²) in [6.45, 7) is 2.73. The van der Waals surface area contributed by atoms with E-state index in [0.29, 0.717) is 6.10 Å². The van der Waals surface area contributed by atoms with Crippen LogP contribution in [-0.4, -0.2) is 18.8 Å². The third kappa shape index (κ3) is 3.92. The Morgan fingerprint density at radius 3 is 2.85 bits per heavy atom. The van der Waals surface area contributed by atoms with Crippen LogP contribution in [0.3, 0.4) is 0 Å². The van der Waals surface area contributed by atoms with Gasteiger partial charge in [-0.05, 0) is 19.8 Å². The first-order valence-corrected chi connectivity index (χ1v) is 5.33. The van der Waals surface area contributed by atoms with Crippen molar-refractivity contribution in [1.82, 2.24) is 0 Å². The molecule has 0 radical (unpaired) electrons. The zero-order valence-corrected chi connectivity index (χ0v) is 8.54. The second kappa shape index (κ2) is 6.17. The number of allylic oxidation sites excluding steroid dienone is 1. The first-order chi connectivity index (χ1) is 6.34. The summed E-state index contributed by atoms with van der Waals surface area (Å²) < 4.78 is 5.70. The normalized spacial score (nSPS) is 30.6. The van der Waals surface area contributed by atoms with Gasteiger partial charge in [-0.15, -0.1) is 0 Å². The van der Waals surface area contributed by atoms with Crippen molar-refractivity contribution in [2.75, 3.05) is 6.61 Å². The highest BCUT2D eigenvalue weighted by atomic mass is 16.5. The highest BCUT2D eigenvalue weighted by Crippen LogP contribution is 2.19. The van der Waals surface area contributed by atoms with E-state index in [-0.39, 0.29) is 6.04 Å². The molecule has 1 fully saturated rings. The molecule has 0 amide bonds. The molecule has 0 aromatic rings. The van der Waals surface area contributed by atoms with Gasteiger partial charge in [0, 0.05) is 6.04 Å². The molecule has 0 aromatic carbocycles. The second-order valence-electron chi connectivity index (χ2n) is 3.74. The third-order valence-electron chi connectivity index (χ3n) is 2.65. The van der Waals surface area contributed by atoms with Crippen molar-refractivity contribution in [1.29, 1.82) is 0 Å².